The number of para-hydroxylation sites is 1. The van der Waals surface area contributed by atoms with Crippen molar-refractivity contribution in [3.05, 3.63) is 24.3 Å². The van der Waals surface area contributed by atoms with Crippen molar-refractivity contribution >= 4 is 23.4 Å². The van der Waals surface area contributed by atoms with Gasteiger partial charge in [0.05, 0.1) is 11.6 Å². The SMILES string of the molecule is CSc1ccccc1NC(=O)C1CCNC1. The topological polar surface area (TPSA) is 41.1 Å². The molecule has 1 atom stereocenters. The smallest absolute Gasteiger partial charge is 0.228 e. The zero-order valence-electron chi connectivity index (χ0n) is 9.32. The Labute approximate surface area is 100.0 Å². The molecule has 16 heavy (non-hydrogen) atoms. The predicted molar refractivity (Wildman–Crippen MR) is 67.8 cm³/mol. The molecule has 1 amide bonds. The number of benzene rings is 1. The van der Waals surface area contributed by atoms with Gasteiger partial charge in [-0.15, -0.1) is 11.8 Å². The first-order valence-electron chi connectivity index (χ1n) is 5.46. The van der Waals surface area contributed by atoms with Gasteiger partial charge in [-0.3, -0.25) is 4.79 Å². The lowest BCUT2D eigenvalue weighted by Crippen LogP contribution is -2.24. The van der Waals surface area contributed by atoms with Gasteiger partial charge in [-0.25, -0.2) is 0 Å². The average Bonchev–Trinajstić information content (AvgIpc) is 2.83. The Balaban J connectivity index is 2.05. The van der Waals surface area contributed by atoms with E-state index in [1.807, 2.05) is 30.5 Å². The Bertz CT molecular complexity index is 375. The van der Waals surface area contributed by atoms with Crippen LogP contribution in [0.4, 0.5) is 5.69 Å². The van der Waals surface area contributed by atoms with Crippen molar-refractivity contribution < 1.29 is 4.79 Å². The minimum absolute atomic E-state index is 0.120. The molecule has 0 aliphatic carbocycles. The average molecular weight is 236 g/mol. The predicted octanol–water partition coefficient (Wildman–Crippen LogP) is 1.96. The molecule has 1 fully saturated rings. The van der Waals surface area contributed by atoms with Crippen LogP contribution in [0.15, 0.2) is 29.2 Å². The standard InChI is InChI=1S/C12H16N2OS/c1-16-11-5-3-2-4-10(11)14-12(15)9-6-7-13-8-9/h2-5,9,13H,6-8H2,1H3,(H,14,15). The normalized spacial score (nSPS) is 19.7. The van der Waals surface area contributed by atoms with Crippen LogP contribution in [0.3, 0.4) is 0 Å². The van der Waals surface area contributed by atoms with E-state index in [1.54, 1.807) is 11.8 Å². The van der Waals surface area contributed by atoms with E-state index in [4.69, 9.17) is 0 Å². The van der Waals surface area contributed by atoms with E-state index in [0.717, 1.165) is 30.1 Å². The highest BCUT2D eigenvalue weighted by Gasteiger charge is 2.22. The molecule has 4 heteroatoms. The molecule has 0 radical (unpaired) electrons. The zero-order chi connectivity index (χ0) is 11.4. The summed E-state index contributed by atoms with van der Waals surface area (Å²) < 4.78 is 0. The zero-order valence-corrected chi connectivity index (χ0v) is 10.1. The summed E-state index contributed by atoms with van der Waals surface area (Å²) in [5, 5.41) is 6.21. The van der Waals surface area contributed by atoms with Crippen LogP contribution in [-0.4, -0.2) is 25.3 Å². The summed E-state index contributed by atoms with van der Waals surface area (Å²) in [5.74, 6) is 0.251. The highest BCUT2D eigenvalue weighted by Crippen LogP contribution is 2.25. The summed E-state index contributed by atoms with van der Waals surface area (Å²) in [6, 6.07) is 7.90. The highest BCUT2D eigenvalue weighted by molar-refractivity contribution is 7.98. The third kappa shape index (κ3) is 2.57. The minimum atomic E-state index is 0.120. The molecule has 0 saturated carbocycles. The maximum atomic E-state index is 11.9. The van der Waals surface area contributed by atoms with Crippen molar-refractivity contribution in [1.82, 2.24) is 5.32 Å². The molecule has 2 N–H and O–H groups in total. The van der Waals surface area contributed by atoms with Crippen LogP contribution in [0.5, 0.6) is 0 Å². The molecule has 0 aromatic heterocycles. The number of hydrogen-bond donors (Lipinski definition) is 2. The van der Waals surface area contributed by atoms with Gasteiger partial charge in [0.1, 0.15) is 0 Å². The summed E-state index contributed by atoms with van der Waals surface area (Å²) in [5.41, 5.74) is 0.923. The Kier molecular flexibility index (Phi) is 3.85. The Morgan fingerprint density at radius 1 is 1.50 bits per heavy atom. The Morgan fingerprint density at radius 2 is 2.31 bits per heavy atom. The second-order valence-electron chi connectivity index (χ2n) is 3.88. The molecule has 1 unspecified atom stereocenters. The first kappa shape index (κ1) is 11.5. The van der Waals surface area contributed by atoms with Gasteiger partial charge in [0.15, 0.2) is 0 Å². The number of carbonyl (C=O) groups is 1. The number of anilines is 1. The number of thioether (sulfide) groups is 1. The van der Waals surface area contributed by atoms with E-state index in [1.165, 1.54) is 0 Å². The second kappa shape index (κ2) is 5.37. The number of carbonyl (C=O) groups excluding carboxylic acids is 1. The van der Waals surface area contributed by atoms with Crippen LogP contribution in [0.1, 0.15) is 6.42 Å². The Morgan fingerprint density at radius 3 is 3.00 bits per heavy atom. The third-order valence-electron chi connectivity index (χ3n) is 2.80. The summed E-state index contributed by atoms with van der Waals surface area (Å²) in [6.07, 6.45) is 2.95. The molecule has 1 saturated heterocycles. The van der Waals surface area contributed by atoms with Gasteiger partial charge in [-0.1, -0.05) is 12.1 Å². The van der Waals surface area contributed by atoms with Gasteiger partial charge in [0.25, 0.3) is 0 Å². The molecular formula is C12H16N2OS. The fraction of sp³-hybridized carbons (Fsp3) is 0.417. The molecular weight excluding hydrogens is 220 g/mol. The Hall–Kier alpha value is -1.00. The molecule has 0 bridgehead atoms. The van der Waals surface area contributed by atoms with Gasteiger partial charge >= 0.3 is 0 Å². The fourth-order valence-corrected chi connectivity index (χ4v) is 2.41. The van der Waals surface area contributed by atoms with Gasteiger partial charge in [-0.2, -0.15) is 0 Å². The fourth-order valence-electron chi connectivity index (χ4n) is 1.86. The van der Waals surface area contributed by atoms with Crippen molar-refractivity contribution in [2.24, 2.45) is 5.92 Å². The van der Waals surface area contributed by atoms with Crippen LogP contribution in [0.25, 0.3) is 0 Å². The maximum Gasteiger partial charge on any atom is 0.228 e. The van der Waals surface area contributed by atoms with Gasteiger partial charge in [0, 0.05) is 11.4 Å². The van der Waals surface area contributed by atoms with Gasteiger partial charge < -0.3 is 10.6 Å². The lowest BCUT2D eigenvalue weighted by atomic mass is 10.1. The van der Waals surface area contributed by atoms with Crippen LogP contribution >= 0.6 is 11.8 Å². The van der Waals surface area contributed by atoms with E-state index in [0.29, 0.717) is 0 Å². The van der Waals surface area contributed by atoms with Crippen LogP contribution < -0.4 is 10.6 Å². The monoisotopic (exact) mass is 236 g/mol. The van der Waals surface area contributed by atoms with Crippen LogP contribution in [-0.2, 0) is 4.79 Å². The molecule has 1 heterocycles. The van der Waals surface area contributed by atoms with E-state index in [-0.39, 0.29) is 11.8 Å². The molecule has 1 aromatic carbocycles. The van der Waals surface area contributed by atoms with E-state index >= 15 is 0 Å². The van der Waals surface area contributed by atoms with Crippen LogP contribution in [0, 0.1) is 5.92 Å². The van der Waals surface area contributed by atoms with Crippen LogP contribution in [0.2, 0.25) is 0 Å². The van der Waals surface area contributed by atoms with Crippen molar-refractivity contribution in [3.63, 3.8) is 0 Å². The molecule has 0 spiro atoms. The first-order chi connectivity index (χ1) is 7.81. The quantitative estimate of drug-likeness (QED) is 0.788. The van der Waals surface area contributed by atoms with E-state index in [9.17, 15) is 4.79 Å². The largest absolute Gasteiger partial charge is 0.325 e. The van der Waals surface area contributed by atoms with E-state index in [2.05, 4.69) is 10.6 Å². The molecule has 2 rings (SSSR count). The lowest BCUT2D eigenvalue weighted by Gasteiger charge is -2.12. The summed E-state index contributed by atoms with van der Waals surface area (Å²) in [6.45, 7) is 1.75. The summed E-state index contributed by atoms with van der Waals surface area (Å²) in [4.78, 5) is 13.0. The highest BCUT2D eigenvalue weighted by atomic mass is 32.2. The lowest BCUT2D eigenvalue weighted by molar-refractivity contribution is -0.119. The van der Waals surface area contributed by atoms with Crippen molar-refractivity contribution in [1.29, 1.82) is 0 Å². The molecule has 1 aliphatic rings. The number of rotatable bonds is 3. The minimum Gasteiger partial charge on any atom is -0.325 e. The van der Waals surface area contributed by atoms with Gasteiger partial charge in [-0.05, 0) is 31.4 Å². The first-order valence-corrected chi connectivity index (χ1v) is 6.68. The van der Waals surface area contributed by atoms with Gasteiger partial charge in [0.2, 0.25) is 5.91 Å². The number of nitrogens with one attached hydrogen (secondary N) is 2. The van der Waals surface area contributed by atoms with Crippen molar-refractivity contribution in [2.45, 2.75) is 11.3 Å². The molecule has 3 nitrogen and oxygen atoms in total. The van der Waals surface area contributed by atoms with E-state index < -0.39 is 0 Å². The third-order valence-corrected chi connectivity index (χ3v) is 3.59. The summed E-state index contributed by atoms with van der Waals surface area (Å²) in [7, 11) is 0. The second-order valence-corrected chi connectivity index (χ2v) is 4.73. The number of hydrogen-bond acceptors (Lipinski definition) is 3. The molecule has 1 aromatic rings. The molecule has 86 valence electrons. The molecule has 1 aliphatic heterocycles. The maximum absolute atomic E-state index is 11.9. The summed E-state index contributed by atoms with van der Waals surface area (Å²) >= 11 is 1.65. The van der Waals surface area contributed by atoms with Crippen molar-refractivity contribution in [3.8, 4) is 0 Å². The number of amides is 1. The van der Waals surface area contributed by atoms with Crippen molar-refractivity contribution in [2.75, 3.05) is 24.7 Å².